The molecule has 1 saturated heterocycles. The second kappa shape index (κ2) is 5.56. The Morgan fingerprint density at radius 3 is 3.17 bits per heavy atom. The van der Waals surface area contributed by atoms with Gasteiger partial charge in [0.25, 0.3) is 0 Å². The van der Waals surface area contributed by atoms with Gasteiger partial charge in [-0.15, -0.1) is 0 Å². The summed E-state index contributed by atoms with van der Waals surface area (Å²) in [5, 5.41) is 16.6. The summed E-state index contributed by atoms with van der Waals surface area (Å²) in [6.07, 6.45) is 5.56. The van der Waals surface area contributed by atoms with E-state index in [0.29, 0.717) is 11.2 Å². The molecule has 3 N–H and O–H groups in total. The molecule has 0 aromatic carbocycles. The third-order valence-corrected chi connectivity index (χ3v) is 2.96. The Balaban J connectivity index is 0.00000120. The zero-order valence-electron chi connectivity index (χ0n) is 9.63. The van der Waals surface area contributed by atoms with E-state index in [4.69, 9.17) is 15.3 Å². The fourth-order valence-electron chi connectivity index (χ4n) is 2.09. The normalized spacial score (nSPS) is 23.2. The topological polar surface area (TPSA) is 99.8 Å². The first-order valence-electron chi connectivity index (χ1n) is 5.43. The van der Waals surface area contributed by atoms with Crippen LogP contribution >= 0.6 is 0 Å². The molecule has 18 heavy (non-hydrogen) atoms. The van der Waals surface area contributed by atoms with Crippen LogP contribution in [-0.4, -0.2) is 37.3 Å². The maximum atomic E-state index is 9.03. The molecule has 2 aromatic rings. The minimum Gasteiger partial charge on any atom is -0.437 e. The molecule has 3 heterocycles. The van der Waals surface area contributed by atoms with Crippen LogP contribution in [0.2, 0.25) is 0 Å². The number of nitrogens with zero attached hydrogens (tertiary/aromatic N) is 3. The van der Waals surface area contributed by atoms with Crippen LogP contribution in [0.3, 0.4) is 0 Å². The second-order valence-corrected chi connectivity index (χ2v) is 4.02. The summed E-state index contributed by atoms with van der Waals surface area (Å²) in [5.41, 5.74) is 1.27. The largest absolute Gasteiger partial charge is 0.437 e. The number of ether oxygens (including phenoxy) is 1. The van der Waals surface area contributed by atoms with Crippen molar-refractivity contribution >= 4 is 11.2 Å². The number of aromatic amines is 1. The first kappa shape index (κ1) is 13.8. The van der Waals surface area contributed by atoms with Crippen molar-refractivity contribution in [2.45, 2.75) is 25.2 Å². The number of aliphatic hydroxyl groups excluding tert-OH is 1. The van der Waals surface area contributed by atoms with Gasteiger partial charge in [-0.3, -0.25) is 4.98 Å². The number of hydrogen-bond acceptors (Lipinski definition) is 5. The average molecular weight is 323 g/mol. The monoisotopic (exact) mass is 323 g/mol. The van der Waals surface area contributed by atoms with Crippen molar-refractivity contribution < 1.29 is 42.6 Å². The number of hydrogen-bond donors (Lipinski definition) is 3. The van der Waals surface area contributed by atoms with Crippen molar-refractivity contribution in [1.82, 2.24) is 19.5 Å². The van der Waals surface area contributed by atoms with Crippen LogP contribution in [0, 0.1) is 11.7 Å². The fourth-order valence-corrected chi connectivity index (χ4v) is 2.09. The summed E-state index contributed by atoms with van der Waals surface area (Å²) in [7, 11) is 0. The number of aromatic nitrogens is 4. The average Bonchev–Trinajstić information content (AvgIpc) is 2.94. The van der Waals surface area contributed by atoms with E-state index in [9.17, 15) is 0 Å². The van der Waals surface area contributed by atoms with E-state index in [0.717, 1.165) is 12.8 Å². The Hall–Kier alpha value is -0.626. The van der Waals surface area contributed by atoms with Gasteiger partial charge in [0.05, 0.1) is 24.5 Å². The van der Waals surface area contributed by atoms with Crippen LogP contribution in [0.25, 0.3) is 11.2 Å². The Labute approximate surface area is 128 Å². The molecule has 2 atom stereocenters. The number of aliphatic hydroxyl groups is 1. The number of fused-ring (bicyclic) bond motifs is 1. The van der Waals surface area contributed by atoms with Gasteiger partial charge in [-0.1, -0.05) is 0 Å². The summed E-state index contributed by atoms with van der Waals surface area (Å²) < 4.78 is 7.48. The van der Waals surface area contributed by atoms with Crippen molar-refractivity contribution in [1.29, 1.82) is 5.41 Å². The molecule has 0 aliphatic carbocycles. The molecular formula is C10H12N5O2Y-. The second-order valence-electron chi connectivity index (χ2n) is 4.02. The molecule has 8 heteroatoms. The van der Waals surface area contributed by atoms with Gasteiger partial charge in [-0.2, -0.15) is 0 Å². The Morgan fingerprint density at radius 1 is 1.61 bits per heavy atom. The minimum absolute atomic E-state index is 0. The van der Waals surface area contributed by atoms with Gasteiger partial charge < -0.3 is 29.8 Å². The van der Waals surface area contributed by atoms with Crippen LogP contribution < -0.4 is 5.49 Å². The number of imidazole rings is 1. The minimum atomic E-state index is -0.149. The quantitative estimate of drug-likeness (QED) is 0.661. The summed E-state index contributed by atoms with van der Waals surface area (Å²) in [5.74, 6) is 0. The van der Waals surface area contributed by atoms with Gasteiger partial charge in [0, 0.05) is 50.2 Å². The summed E-state index contributed by atoms with van der Waals surface area (Å²) in [6, 6.07) is 0. The van der Waals surface area contributed by atoms with Crippen LogP contribution in [-0.2, 0) is 37.4 Å². The third kappa shape index (κ3) is 2.27. The molecule has 1 fully saturated rings. The van der Waals surface area contributed by atoms with E-state index >= 15 is 0 Å². The van der Waals surface area contributed by atoms with Crippen LogP contribution in [0.5, 0.6) is 0 Å². The SMILES string of the molecule is N=c1n[c-][nH]c2c1ncn2C1CCC(CO)O1.[Y]. The van der Waals surface area contributed by atoms with E-state index in [1.54, 1.807) is 6.33 Å². The van der Waals surface area contributed by atoms with E-state index in [1.807, 2.05) is 4.57 Å². The zero-order valence-corrected chi connectivity index (χ0v) is 12.5. The predicted molar refractivity (Wildman–Crippen MR) is 56.8 cm³/mol. The Morgan fingerprint density at radius 2 is 2.44 bits per heavy atom. The molecule has 3 rings (SSSR count). The first-order chi connectivity index (χ1) is 8.29. The molecule has 1 aliphatic rings. The van der Waals surface area contributed by atoms with Crippen molar-refractivity contribution in [3.63, 3.8) is 0 Å². The molecule has 0 saturated carbocycles. The Kier molecular flexibility index (Phi) is 4.26. The molecular weight excluding hydrogens is 311 g/mol. The van der Waals surface area contributed by atoms with Crippen molar-refractivity contribution in [2.75, 3.05) is 6.61 Å². The molecule has 2 unspecified atom stereocenters. The maximum absolute atomic E-state index is 9.03. The summed E-state index contributed by atoms with van der Waals surface area (Å²) >= 11 is 0. The fraction of sp³-hybridized carbons (Fsp3) is 0.500. The molecule has 0 spiro atoms. The number of rotatable bonds is 2. The number of H-pyrrole nitrogens is 1. The zero-order chi connectivity index (χ0) is 11.8. The van der Waals surface area contributed by atoms with E-state index in [1.165, 1.54) is 0 Å². The van der Waals surface area contributed by atoms with Crippen molar-refractivity contribution in [3.05, 3.63) is 18.1 Å². The van der Waals surface area contributed by atoms with Gasteiger partial charge in [-0.25, -0.2) is 0 Å². The molecule has 1 aliphatic heterocycles. The summed E-state index contributed by atoms with van der Waals surface area (Å²) in [6.45, 7) is 0.0320. The Bertz CT molecular complexity index is 595. The van der Waals surface area contributed by atoms with Crippen molar-refractivity contribution in [2.24, 2.45) is 0 Å². The van der Waals surface area contributed by atoms with E-state index < -0.39 is 0 Å². The maximum Gasteiger partial charge on any atom is 0.126 e. The van der Waals surface area contributed by atoms with Crippen LogP contribution in [0.15, 0.2) is 6.33 Å². The van der Waals surface area contributed by atoms with E-state index in [-0.39, 0.29) is 57.1 Å². The molecule has 0 amide bonds. The van der Waals surface area contributed by atoms with Gasteiger partial charge in [0.2, 0.25) is 0 Å². The predicted octanol–water partition coefficient (Wildman–Crippen LogP) is -0.294. The molecule has 0 bridgehead atoms. The van der Waals surface area contributed by atoms with Gasteiger partial charge >= 0.3 is 0 Å². The molecule has 93 valence electrons. The number of nitrogens with one attached hydrogen (secondary N) is 2. The van der Waals surface area contributed by atoms with Crippen LogP contribution in [0.4, 0.5) is 0 Å². The summed E-state index contributed by atoms with van der Waals surface area (Å²) in [4.78, 5) is 10.7. The van der Waals surface area contributed by atoms with Crippen molar-refractivity contribution in [3.8, 4) is 0 Å². The third-order valence-electron chi connectivity index (χ3n) is 2.96. The smallest absolute Gasteiger partial charge is 0.126 e. The molecule has 2 aromatic heterocycles. The molecule has 1 radical (unpaired) electrons. The van der Waals surface area contributed by atoms with Crippen LogP contribution in [0.1, 0.15) is 19.1 Å². The molecule has 7 nitrogen and oxygen atoms in total. The van der Waals surface area contributed by atoms with E-state index in [2.05, 4.69) is 21.3 Å². The van der Waals surface area contributed by atoms with Gasteiger partial charge in [0.1, 0.15) is 6.23 Å². The van der Waals surface area contributed by atoms with Gasteiger partial charge in [-0.05, 0) is 12.8 Å². The standard InChI is InChI=1S/C10H12N5O2.Y/c11-9-8-10(13-4-12-9)15(5-14-8)7-2-1-6(3-16)17-7;/h5-7,16H,1-3H2,(H2,11,12,13);/q-1;. The van der Waals surface area contributed by atoms with Gasteiger partial charge in [0.15, 0.2) is 0 Å². The first-order valence-corrected chi connectivity index (χ1v) is 5.43.